The Bertz CT molecular complexity index is 554. The first kappa shape index (κ1) is 12.4. The summed E-state index contributed by atoms with van der Waals surface area (Å²) >= 11 is 0. The van der Waals surface area contributed by atoms with Crippen molar-refractivity contribution in [3.05, 3.63) is 29.3 Å². The van der Waals surface area contributed by atoms with Gasteiger partial charge in [0.25, 0.3) is 0 Å². The van der Waals surface area contributed by atoms with Crippen LogP contribution in [0.1, 0.15) is 49.3 Å². The van der Waals surface area contributed by atoms with Crippen LogP contribution in [-0.4, -0.2) is 11.0 Å². The molecule has 2 saturated carbocycles. The summed E-state index contributed by atoms with van der Waals surface area (Å²) in [5.41, 5.74) is 2.91. The molecule has 0 aromatic heterocycles. The zero-order chi connectivity index (χ0) is 13.7. The van der Waals surface area contributed by atoms with E-state index in [1.165, 1.54) is 25.7 Å². The molecule has 0 radical (unpaired) electrons. The highest BCUT2D eigenvalue weighted by molar-refractivity contribution is 5.99. The lowest BCUT2D eigenvalue weighted by Crippen LogP contribution is -2.14. The number of fused-ring (bicyclic) bond motifs is 3. The zero-order valence-electron chi connectivity index (χ0n) is 11.6. The van der Waals surface area contributed by atoms with Crippen LogP contribution in [0, 0.1) is 17.8 Å². The van der Waals surface area contributed by atoms with Gasteiger partial charge in [0.05, 0.1) is 12.5 Å². The Kier molecular flexibility index (Phi) is 2.84. The number of hydrogen-bond acceptors (Lipinski definition) is 2. The van der Waals surface area contributed by atoms with Crippen LogP contribution >= 0.6 is 0 Å². The van der Waals surface area contributed by atoms with Crippen molar-refractivity contribution in [2.75, 3.05) is 5.32 Å². The fourth-order valence-corrected chi connectivity index (χ4v) is 4.54. The molecule has 4 atom stereocenters. The number of aliphatic hydroxyl groups excluding tert-OH is 1. The van der Waals surface area contributed by atoms with E-state index >= 15 is 0 Å². The summed E-state index contributed by atoms with van der Waals surface area (Å²) in [6.07, 6.45) is 6.44. The summed E-state index contributed by atoms with van der Waals surface area (Å²) < 4.78 is 0. The third-order valence-corrected chi connectivity index (χ3v) is 5.55. The second-order valence-corrected chi connectivity index (χ2v) is 6.83. The lowest BCUT2D eigenvalue weighted by molar-refractivity contribution is -0.115. The normalized spacial score (nSPS) is 32.2. The molecule has 3 nitrogen and oxygen atoms in total. The summed E-state index contributed by atoms with van der Waals surface area (Å²) in [5, 5.41) is 13.3. The first-order chi connectivity index (χ1) is 9.69. The molecule has 1 heterocycles. The first-order valence-corrected chi connectivity index (χ1v) is 7.80. The van der Waals surface area contributed by atoms with Gasteiger partial charge >= 0.3 is 0 Å². The van der Waals surface area contributed by atoms with Crippen molar-refractivity contribution in [3.63, 3.8) is 0 Å². The van der Waals surface area contributed by atoms with Gasteiger partial charge in [-0.1, -0.05) is 18.6 Å². The molecule has 2 N–H and O–H groups in total. The predicted octanol–water partition coefficient (Wildman–Crippen LogP) is 3.04. The lowest BCUT2D eigenvalue weighted by atomic mass is 9.83. The summed E-state index contributed by atoms with van der Waals surface area (Å²) in [7, 11) is 0. The van der Waals surface area contributed by atoms with E-state index in [0.29, 0.717) is 12.3 Å². The number of anilines is 1. The third kappa shape index (κ3) is 2.05. The minimum atomic E-state index is -0.375. The molecule has 1 aromatic carbocycles. The molecule has 2 bridgehead atoms. The molecule has 1 aliphatic heterocycles. The van der Waals surface area contributed by atoms with E-state index in [0.717, 1.165) is 35.1 Å². The van der Waals surface area contributed by atoms with Gasteiger partial charge in [0.2, 0.25) is 5.91 Å². The van der Waals surface area contributed by atoms with Crippen LogP contribution in [0.25, 0.3) is 0 Å². The van der Waals surface area contributed by atoms with Gasteiger partial charge in [-0.3, -0.25) is 4.79 Å². The monoisotopic (exact) mass is 271 g/mol. The van der Waals surface area contributed by atoms with Gasteiger partial charge in [-0.25, -0.2) is 0 Å². The molecule has 4 unspecified atom stereocenters. The standard InChI is InChI=1S/C17H21NO2/c19-16(8-13-6-10-1-2-11(13)5-10)12-3-4-15-14(7-12)9-17(20)18-15/h3-4,7,10-11,13,16,19H,1-2,5-6,8-9H2,(H,18,20). The highest BCUT2D eigenvalue weighted by Gasteiger charge is 2.40. The number of benzene rings is 1. The number of nitrogens with one attached hydrogen (secondary N) is 1. The zero-order valence-corrected chi connectivity index (χ0v) is 11.6. The largest absolute Gasteiger partial charge is 0.388 e. The average Bonchev–Trinajstić information content (AvgIpc) is 3.10. The van der Waals surface area contributed by atoms with Crippen LogP contribution in [0.5, 0.6) is 0 Å². The molecule has 4 rings (SSSR count). The summed E-state index contributed by atoms with van der Waals surface area (Å²) in [6, 6.07) is 5.90. The van der Waals surface area contributed by atoms with Gasteiger partial charge in [-0.15, -0.1) is 0 Å². The number of hydrogen-bond donors (Lipinski definition) is 2. The van der Waals surface area contributed by atoms with Crippen molar-refractivity contribution in [1.29, 1.82) is 0 Å². The first-order valence-electron chi connectivity index (χ1n) is 7.80. The molecular formula is C17H21NO2. The third-order valence-electron chi connectivity index (χ3n) is 5.55. The van der Waals surface area contributed by atoms with Crippen LogP contribution in [0.4, 0.5) is 5.69 Å². The van der Waals surface area contributed by atoms with E-state index < -0.39 is 0 Å². The Morgan fingerprint density at radius 1 is 1.30 bits per heavy atom. The highest BCUT2D eigenvalue weighted by Crippen LogP contribution is 2.51. The molecule has 0 spiro atoms. The molecule has 3 heteroatoms. The van der Waals surface area contributed by atoms with Crippen LogP contribution < -0.4 is 5.32 Å². The molecule has 2 aliphatic carbocycles. The van der Waals surface area contributed by atoms with Crippen molar-refractivity contribution in [2.24, 2.45) is 17.8 Å². The van der Waals surface area contributed by atoms with E-state index in [-0.39, 0.29) is 12.0 Å². The Hall–Kier alpha value is -1.35. The Labute approximate surface area is 119 Å². The maximum Gasteiger partial charge on any atom is 0.228 e. The molecule has 1 amide bonds. The van der Waals surface area contributed by atoms with Crippen LogP contribution in [0.3, 0.4) is 0 Å². The van der Waals surface area contributed by atoms with Crippen molar-refractivity contribution in [1.82, 2.24) is 0 Å². The van der Waals surface area contributed by atoms with E-state index in [1.54, 1.807) is 0 Å². The Morgan fingerprint density at radius 2 is 2.20 bits per heavy atom. The number of carbonyl (C=O) groups is 1. The van der Waals surface area contributed by atoms with Crippen molar-refractivity contribution in [2.45, 2.75) is 44.6 Å². The van der Waals surface area contributed by atoms with E-state index in [2.05, 4.69) is 5.32 Å². The lowest BCUT2D eigenvalue weighted by Gasteiger charge is -2.24. The van der Waals surface area contributed by atoms with E-state index in [1.807, 2.05) is 18.2 Å². The molecule has 3 aliphatic rings. The molecule has 0 saturated heterocycles. The summed E-state index contributed by atoms with van der Waals surface area (Å²) in [5.74, 6) is 2.54. The maximum atomic E-state index is 11.4. The topological polar surface area (TPSA) is 49.3 Å². The quantitative estimate of drug-likeness (QED) is 0.887. The fourth-order valence-electron chi connectivity index (χ4n) is 4.54. The van der Waals surface area contributed by atoms with Gasteiger partial charge in [-0.2, -0.15) is 0 Å². The molecule has 20 heavy (non-hydrogen) atoms. The SMILES string of the molecule is O=C1Cc2cc(C(O)CC3CC4CCC3C4)ccc2N1. The Morgan fingerprint density at radius 3 is 2.95 bits per heavy atom. The summed E-state index contributed by atoms with van der Waals surface area (Å²) in [4.78, 5) is 11.4. The van der Waals surface area contributed by atoms with Gasteiger partial charge in [0.1, 0.15) is 0 Å². The van der Waals surface area contributed by atoms with Crippen LogP contribution in [-0.2, 0) is 11.2 Å². The summed E-state index contributed by atoms with van der Waals surface area (Å²) in [6.45, 7) is 0. The molecule has 106 valence electrons. The predicted molar refractivity (Wildman–Crippen MR) is 77.3 cm³/mol. The van der Waals surface area contributed by atoms with Crippen LogP contribution in [0.15, 0.2) is 18.2 Å². The van der Waals surface area contributed by atoms with Crippen molar-refractivity contribution >= 4 is 11.6 Å². The van der Waals surface area contributed by atoms with Crippen molar-refractivity contribution < 1.29 is 9.90 Å². The van der Waals surface area contributed by atoms with Gasteiger partial charge in [0, 0.05) is 5.69 Å². The fraction of sp³-hybridized carbons (Fsp3) is 0.588. The molecule has 2 fully saturated rings. The second-order valence-electron chi connectivity index (χ2n) is 6.83. The molecular weight excluding hydrogens is 250 g/mol. The van der Waals surface area contributed by atoms with Crippen molar-refractivity contribution in [3.8, 4) is 0 Å². The van der Waals surface area contributed by atoms with Gasteiger partial charge in [-0.05, 0) is 60.6 Å². The van der Waals surface area contributed by atoms with E-state index in [9.17, 15) is 9.90 Å². The Balaban J connectivity index is 1.47. The average molecular weight is 271 g/mol. The van der Waals surface area contributed by atoms with Crippen LogP contribution in [0.2, 0.25) is 0 Å². The van der Waals surface area contributed by atoms with Gasteiger partial charge in [0.15, 0.2) is 0 Å². The highest BCUT2D eigenvalue weighted by atomic mass is 16.3. The minimum Gasteiger partial charge on any atom is -0.388 e. The van der Waals surface area contributed by atoms with E-state index in [4.69, 9.17) is 0 Å². The second kappa shape index (κ2) is 4.59. The maximum absolute atomic E-state index is 11.4. The number of rotatable bonds is 3. The number of carbonyl (C=O) groups excluding carboxylic acids is 1. The number of amides is 1. The smallest absolute Gasteiger partial charge is 0.228 e. The number of aliphatic hydroxyl groups is 1. The minimum absolute atomic E-state index is 0.0553. The van der Waals surface area contributed by atoms with Gasteiger partial charge < -0.3 is 10.4 Å². The molecule has 1 aromatic rings.